The normalized spacial score (nSPS) is 10.8. The maximum Gasteiger partial charge on any atom is 0.150 e. The van der Waals surface area contributed by atoms with Crippen molar-refractivity contribution in [2.24, 2.45) is 0 Å². The Kier molecular flexibility index (Phi) is 3.13. The second kappa shape index (κ2) is 4.97. The second-order valence-electron chi connectivity index (χ2n) is 4.51. The lowest BCUT2D eigenvalue weighted by molar-refractivity contribution is 0.584. The summed E-state index contributed by atoms with van der Waals surface area (Å²) in [7, 11) is 0. The van der Waals surface area contributed by atoms with Crippen molar-refractivity contribution < 1.29 is 13.2 Å². The Balaban J connectivity index is 2.16. The van der Waals surface area contributed by atoms with Crippen LogP contribution in [0.2, 0.25) is 0 Å². The highest BCUT2D eigenvalue weighted by Gasteiger charge is 2.13. The summed E-state index contributed by atoms with van der Waals surface area (Å²) in [5, 5.41) is 3.20. The molecular formula is C15H10F3N3. The van der Waals surface area contributed by atoms with Crippen molar-refractivity contribution in [1.82, 2.24) is 4.98 Å². The van der Waals surface area contributed by atoms with Crippen LogP contribution in [-0.2, 0) is 0 Å². The largest absolute Gasteiger partial charge is 0.398 e. The van der Waals surface area contributed by atoms with Gasteiger partial charge in [0.25, 0.3) is 0 Å². The van der Waals surface area contributed by atoms with E-state index in [2.05, 4.69) is 10.3 Å². The zero-order valence-electron chi connectivity index (χ0n) is 10.7. The van der Waals surface area contributed by atoms with Crippen molar-refractivity contribution in [3.8, 4) is 0 Å². The fraction of sp³-hybridized carbons (Fsp3) is 0. The van der Waals surface area contributed by atoms with Gasteiger partial charge in [0.15, 0.2) is 5.82 Å². The molecule has 0 amide bonds. The Bertz CT molecular complexity index is 814. The van der Waals surface area contributed by atoms with E-state index in [1.54, 1.807) is 12.1 Å². The van der Waals surface area contributed by atoms with Crippen LogP contribution in [0.1, 0.15) is 0 Å². The number of hydrogen-bond donors (Lipinski definition) is 2. The van der Waals surface area contributed by atoms with Crippen LogP contribution in [0.15, 0.2) is 42.6 Å². The fourth-order valence-corrected chi connectivity index (χ4v) is 2.13. The van der Waals surface area contributed by atoms with Crippen LogP contribution >= 0.6 is 0 Å². The van der Waals surface area contributed by atoms with E-state index in [1.807, 2.05) is 0 Å². The van der Waals surface area contributed by atoms with Crippen LogP contribution in [0, 0.1) is 17.5 Å². The third-order valence-electron chi connectivity index (χ3n) is 3.01. The van der Waals surface area contributed by atoms with Crippen LogP contribution in [0.25, 0.3) is 10.9 Å². The number of anilines is 3. The highest BCUT2D eigenvalue weighted by Crippen LogP contribution is 2.32. The summed E-state index contributed by atoms with van der Waals surface area (Å²) in [5.41, 5.74) is 6.38. The first kappa shape index (κ1) is 13.2. The molecule has 1 heterocycles. The summed E-state index contributed by atoms with van der Waals surface area (Å²) in [6.45, 7) is 0. The first-order valence-corrected chi connectivity index (χ1v) is 6.10. The number of halogens is 3. The zero-order chi connectivity index (χ0) is 15.0. The van der Waals surface area contributed by atoms with E-state index >= 15 is 0 Å². The molecule has 3 nitrogen and oxygen atoms in total. The van der Waals surface area contributed by atoms with Gasteiger partial charge >= 0.3 is 0 Å². The predicted octanol–water partition coefficient (Wildman–Crippen LogP) is 3.98. The molecule has 3 N–H and O–H groups in total. The summed E-state index contributed by atoms with van der Waals surface area (Å²) in [5.74, 6) is -2.17. The minimum absolute atomic E-state index is 0.0183. The fourth-order valence-electron chi connectivity index (χ4n) is 2.13. The van der Waals surface area contributed by atoms with E-state index < -0.39 is 17.5 Å². The Labute approximate surface area is 118 Å². The van der Waals surface area contributed by atoms with Crippen molar-refractivity contribution in [3.05, 3.63) is 60.0 Å². The number of benzene rings is 2. The standard InChI is InChI=1S/C15H10F3N3/c16-8-4-9(17)6-10(5-8)21-15-12(18)7-13(19)11-2-1-3-20-14(11)15/h1-7,21H,19H2. The lowest BCUT2D eigenvalue weighted by Crippen LogP contribution is -2.00. The molecule has 3 aromatic rings. The lowest BCUT2D eigenvalue weighted by atomic mass is 10.1. The van der Waals surface area contributed by atoms with Gasteiger partial charge < -0.3 is 11.1 Å². The maximum atomic E-state index is 14.1. The van der Waals surface area contributed by atoms with E-state index in [9.17, 15) is 13.2 Å². The number of nitrogens with zero attached hydrogens (tertiary/aromatic N) is 1. The molecule has 0 aliphatic rings. The zero-order valence-corrected chi connectivity index (χ0v) is 10.7. The summed E-state index contributed by atoms with van der Waals surface area (Å²) >= 11 is 0. The third kappa shape index (κ3) is 2.47. The number of fused-ring (bicyclic) bond motifs is 1. The van der Waals surface area contributed by atoms with Crippen LogP contribution in [0.3, 0.4) is 0 Å². The second-order valence-corrected chi connectivity index (χ2v) is 4.51. The predicted molar refractivity (Wildman–Crippen MR) is 75.8 cm³/mol. The average Bonchev–Trinajstić information content (AvgIpc) is 2.42. The molecule has 0 saturated carbocycles. The van der Waals surface area contributed by atoms with Gasteiger partial charge in [-0.1, -0.05) is 0 Å². The first-order valence-electron chi connectivity index (χ1n) is 6.10. The van der Waals surface area contributed by atoms with Gasteiger partial charge in [0.05, 0.1) is 5.52 Å². The van der Waals surface area contributed by atoms with Gasteiger partial charge in [-0.2, -0.15) is 0 Å². The van der Waals surface area contributed by atoms with E-state index in [0.29, 0.717) is 10.9 Å². The minimum Gasteiger partial charge on any atom is -0.398 e. The third-order valence-corrected chi connectivity index (χ3v) is 3.01. The first-order chi connectivity index (χ1) is 10.0. The van der Waals surface area contributed by atoms with Gasteiger partial charge in [0, 0.05) is 29.0 Å². The molecule has 106 valence electrons. The number of aromatic nitrogens is 1. The Morgan fingerprint density at radius 3 is 2.43 bits per heavy atom. The molecule has 0 fully saturated rings. The average molecular weight is 289 g/mol. The molecule has 0 spiro atoms. The Hall–Kier alpha value is -2.76. The number of nitrogens with one attached hydrogen (secondary N) is 1. The highest BCUT2D eigenvalue weighted by molar-refractivity contribution is 5.99. The van der Waals surface area contributed by atoms with Crippen LogP contribution in [0.4, 0.5) is 30.2 Å². The van der Waals surface area contributed by atoms with Crippen molar-refractivity contribution in [1.29, 1.82) is 0 Å². The molecule has 2 aromatic carbocycles. The van der Waals surface area contributed by atoms with Gasteiger partial charge in [0.1, 0.15) is 17.3 Å². The topological polar surface area (TPSA) is 50.9 Å². The number of rotatable bonds is 2. The van der Waals surface area contributed by atoms with Gasteiger partial charge in [-0.15, -0.1) is 0 Å². The smallest absolute Gasteiger partial charge is 0.150 e. The number of nitrogen functional groups attached to an aromatic ring is 1. The van der Waals surface area contributed by atoms with E-state index in [-0.39, 0.29) is 17.1 Å². The molecular weight excluding hydrogens is 279 g/mol. The van der Waals surface area contributed by atoms with Crippen LogP contribution < -0.4 is 11.1 Å². The number of hydrogen-bond acceptors (Lipinski definition) is 3. The lowest BCUT2D eigenvalue weighted by Gasteiger charge is -2.12. The molecule has 0 atom stereocenters. The van der Waals surface area contributed by atoms with Crippen LogP contribution in [-0.4, -0.2) is 4.98 Å². The molecule has 0 radical (unpaired) electrons. The van der Waals surface area contributed by atoms with Gasteiger partial charge in [-0.05, 0) is 30.3 Å². The Morgan fingerprint density at radius 2 is 1.71 bits per heavy atom. The summed E-state index contributed by atoms with van der Waals surface area (Å²) in [4.78, 5) is 4.07. The molecule has 0 aliphatic heterocycles. The van der Waals surface area contributed by atoms with Crippen molar-refractivity contribution in [3.63, 3.8) is 0 Å². The molecule has 0 unspecified atom stereocenters. The molecule has 0 bridgehead atoms. The summed E-state index contributed by atoms with van der Waals surface area (Å²) in [6, 6.07) is 7.36. The molecule has 0 aliphatic carbocycles. The minimum atomic E-state index is -0.759. The maximum absolute atomic E-state index is 14.1. The van der Waals surface area contributed by atoms with E-state index in [1.165, 1.54) is 6.20 Å². The SMILES string of the molecule is Nc1cc(F)c(Nc2cc(F)cc(F)c2)c2ncccc12. The molecule has 1 aromatic heterocycles. The van der Waals surface area contributed by atoms with Gasteiger partial charge in [0.2, 0.25) is 0 Å². The van der Waals surface area contributed by atoms with Gasteiger partial charge in [-0.3, -0.25) is 4.98 Å². The molecule has 21 heavy (non-hydrogen) atoms. The highest BCUT2D eigenvalue weighted by atomic mass is 19.1. The molecule has 6 heteroatoms. The summed E-state index contributed by atoms with van der Waals surface area (Å²) in [6.07, 6.45) is 1.48. The van der Waals surface area contributed by atoms with Crippen molar-refractivity contribution >= 4 is 28.0 Å². The molecule has 0 saturated heterocycles. The quantitative estimate of drug-likeness (QED) is 0.702. The number of pyridine rings is 1. The monoisotopic (exact) mass is 289 g/mol. The Morgan fingerprint density at radius 1 is 1.00 bits per heavy atom. The van der Waals surface area contributed by atoms with E-state index in [4.69, 9.17) is 5.73 Å². The van der Waals surface area contributed by atoms with Crippen molar-refractivity contribution in [2.75, 3.05) is 11.1 Å². The van der Waals surface area contributed by atoms with Gasteiger partial charge in [-0.25, -0.2) is 13.2 Å². The van der Waals surface area contributed by atoms with Crippen molar-refractivity contribution in [2.45, 2.75) is 0 Å². The van der Waals surface area contributed by atoms with E-state index in [0.717, 1.165) is 24.3 Å². The molecule has 3 rings (SSSR count). The van der Waals surface area contributed by atoms with Crippen LogP contribution in [0.5, 0.6) is 0 Å². The number of nitrogens with two attached hydrogens (primary N) is 1. The summed E-state index contributed by atoms with van der Waals surface area (Å²) < 4.78 is 40.5.